The van der Waals surface area contributed by atoms with Crippen molar-refractivity contribution < 1.29 is 33.8 Å². The Morgan fingerprint density at radius 3 is 2.05 bits per heavy atom. The van der Waals surface area contributed by atoms with Crippen molar-refractivity contribution in [3.8, 4) is 0 Å². The van der Waals surface area contributed by atoms with Crippen LogP contribution in [-0.4, -0.2) is 53.2 Å². The van der Waals surface area contributed by atoms with Gasteiger partial charge in [0.1, 0.15) is 6.61 Å². The number of rotatable bonds is 22. The summed E-state index contributed by atoms with van der Waals surface area (Å²) in [6.45, 7) is 5.08. The fourth-order valence-electron chi connectivity index (χ4n) is 3.76. The first-order chi connectivity index (χ1) is 21.2. The van der Waals surface area contributed by atoms with Gasteiger partial charge in [-0.2, -0.15) is 0 Å². The van der Waals surface area contributed by atoms with Crippen molar-refractivity contribution in [2.45, 2.75) is 84.7 Å². The maximum atomic E-state index is 12.9. The Kier molecular flexibility index (Phi) is 19.9. The van der Waals surface area contributed by atoms with E-state index in [0.717, 1.165) is 38.5 Å². The predicted molar refractivity (Wildman–Crippen MR) is 172 cm³/mol. The highest BCUT2D eigenvalue weighted by Gasteiger charge is 2.40. The van der Waals surface area contributed by atoms with Gasteiger partial charge >= 0.3 is 17.9 Å². The van der Waals surface area contributed by atoms with Crippen molar-refractivity contribution in [3.63, 3.8) is 0 Å². The first-order valence-electron chi connectivity index (χ1n) is 15.2. The Balaban J connectivity index is 2.43. The summed E-state index contributed by atoms with van der Waals surface area (Å²) in [5.74, 6) is -2.95. The fraction of sp³-hybridized carbons (Fsp3) is 0.457. The molecular formula is C35H48N2O7. The average molecular weight is 609 g/mol. The van der Waals surface area contributed by atoms with Crippen molar-refractivity contribution in [1.82, 2.24) is 10.3 Å². The summed E-state index contributed by atoms with van der Waals surface area (Å²) in [7, 11) is 0. The molecule has 1 atom stereocenters. The third kappa shape index (κ3) is 18.3. The van der Waals surface area contributed by atoms with E-state index in [1.807, 2.05) is 6.08 Å². The Morgan fingerprint density at radius 1 is 0.909 bits per heavy atom. The van der Waals surface area contributed by atoms with Crippen LogP contribution in [0.4, 0.5) is 0 Å². The molecule has 0 aromatic carbocycles. The maximum absolute atomic E-state index is 12.9. The largest absolute Gasteiger partial charge is 0.481 e. The van der Waals surface area contributed by atoms with E-state index in [1.165, 1.54) is 18.5 Å². The zero-order valence-corrected chi connectivity index (χ0v) is 26.3. The normalized spacial score (nSPS) is 12.9. The Bertz CT molecular complexity index is 1150. The third-order valence-electron chi connectivity index (χ3n) is 6.22. The lowest BCUT2D eigenvalue weighted by atomic mass is 9.86. The average Bonchev–Trinajstić information content (AvgIpc) is 3.00. The molecule has 0 aliphatic heterocycles. The van der Waals surface area contributed by atoms with Crippen molar-refractivity contribution in [3.05, 3.63) is 90.9 Å². The highest BCUT2D eigenvalue weighted by atomic mass is 16.6. The van der Waals surface area contributed by atoms with Gasteiger partial charge in [0.25, 0.3) is 5.91 Å². The summed E-state index contributed by atoms with van der Waals surface area (Å²) in [5.41, 5.74) is -0.941. The van der Waals surface area contributed by atoms with Crippen LogP contribution in [0, 0.1) is 5.41 Å². The van der Waals surface area contributed by atoms with E-state index in [1.54, 1.807) is 19.9 Å². The standard InChI is InChI=1S/C35H48N2O7/c1-4-5-6-7-8-9-10-11-12-13-14-15-16-17-18-19-20-23-31(40)43-28-35(2,3)32(33(41)37-26-24-30(38)39)44-34(42)29-22-21-25-36-27-29/h5-6,8-9,11-12,14-15,17-18,21-22,25,27,32H,4,7,10,13,16,19-20,23-24,26,28H2,1-3H3,(H,37,41)(H,38,39)/b6-5-,9-8-,12-11-,15-14-,18-17-/t32-/m0/s1. The molecule has 0 unspecified atom stereocenters. The number of carboxylic acid groups (broad SMARTS) is 1. The number of pyridine rings is 1. The first-order valence-corrected chi connectivity index (χ1v) is 15.2. The summed E-state index contributed by atoms with van der Waals surface area (Å²) < 4.78 is 10.9. The Labute approximate surface area is 261 Å². The molecule has 0 aliphatic rings. The number of nitrogens with zero attached hydrogens (tertiary/aromatic N) is 1. The number of ether oxygens (including phenoxy) is 2. The molecule has 240 valence electrons. The summed E-state index contributed by atoms with van der Waals surface area (Å²) in [6.07, 6.45) is 28.8. The molecule has 1 aromatic rings. The topological polar surface area (TPSA) is 132 Å². The molecule has 0 bridgehead atoms. The number of nitrogens with one attached hydrogen (secondary N) is 1. The lowest BCUT2D eigenvalue weighted by molar-refractivity contribution is -0.153. The maximum Gasteiger partial charge on any atom is 0.340 e. The summed E-state index contributed by atoms with van der Waals surface area (Å²) in [6, 6.07) is 3.06. The van der Waals surface area contributed by atoms with Crippen LogP contribution < -0.4 is 5.32 Å². The molecule has 0 fully saturated rings. The van der Waals surface area contributed by atoms with E-state index in [4.69, 9.17) is 14.6 Å². The van der Waals surface area contributed by atoms with E-state index < -0.39 is 35.3 Å². The van der Waals surface area contributed by atoms with Crippen LogP contribution in [0.15, 0.2) is 85.3 Å². The highest BCUT2D eigenvalue weighted by Crippen LogP contribution is 2.26. The number of allylic oxidation sites excluding steroid dienone is 10. The van der Waals surface area contributed by atoms with Gasteiger partial charge in [-0.25, -0.2) is 4.79 Å². The molecule has 0 saturated heterocycles. The Hall–Kier alpha value is -4.27. The van der Waals surface area contributed by atoms with E-state index in [0.29, 0.717) is 6.42 Å². The van der Waals surface area contributed by atoms with Gasteiger partial charge in [0.05, 0.1) is 12.0 Å². The third-order valence-corrected chi connectivity index (χ3v) is 6.22. The van der Waals surface area contributed by atoms with Crippen molar-refractivity contribution in [2.75, 3.05) is 13.2 Å². The van der Waals surface area contributed by atoms with Gasteiger partial charge in [0.2, 0.25) is 0 Å². The zero-order chi connectivity index (χ0) is 32.5. The van der Waals surface area contributed by atoms with Gasteiger partial charge in [-0.15, -0.1) is 0 Å². The molecule has 9 heteroatoms. The number of hydrogen-bond acceptors (Lipinski definition) is 7. The summed E-state index contributed by atoms with van der Waals surface area (Å²) >= 11 is 0. The fourth-order valence-corrected chi connectivity index (χ4v) is 3.76. The highest BCUT2D eigenvalue weighted by molar-refractivity contribution is 5.92. The number of carbonyl (C=O) groups excluding carboxylic acids is 3. The number of unbranched alkanes of at least 4 members (excludes halogenated alkanes) is 1. The van der Waals surface area contributed by atoms with Gasteiger partial charge in [-0.3, -0.25) is 19.4 Å². The molecule has 1 rings (SSSR count). The van der Waals surface area contributed by atoms with Crippen LogP contribution in [0.3, 0.4) is 0 Å². The van der Waals surface area contributed by atoms with Gasteiger partial charge in [0.15, 0.2) is 6.10 Å². The van der Waals surface area contributed by atoms with Crippen LogP contribution in [0.5, 0.6) is 0 Å². The molecular weight excluding hydrogens is 560 g/mol. The smallest absolute Gasteiger partial charge is 0.340 e. The molecule has 0 saturated carbocycles. The van der Waals surface area contributed by atoms with Crippen LogP contribution in [0.25, 0.3) is 0 Å². The number of carboxylic acids is 1. The number of amides is 1. The summed E-state index contributed by atoms with van der Waals surface area (Å²) in [4.78, 5) is 52.6. The minimum absolute atomic E-state index is 0.138. The number of esters is 2. The molecule has 1 heterocycles. The molecule has 9 nitrogen and oxygen atoms in total. The number of aromatic nitrogens is 1. The molecule has 2 N–H and O–H groups in total. The lowest BCUT2D eigenvalue weighted by Gasteiger charge is -2.32. The predicted octanol–water partition coefficient (Wildman–Crippen LogP) is 6.69. The zero-order valence-electron chi connectivity index (χ0n) is 26.3. The van der Waals surface area contributed by atoms with E-state index in [2.05, 4.69) is 71.9 Å². The second-order valence-corrected chi connectivity index (χ2v) is 10.7. The van der Waals surface area contributed by atoms with Crippen molar-refractivity contribution in [2.24, 2.45) is 5.41 Å². The van der Waals surface area contributed by atoms with Crippen LogP contribution in [0.1, 0.15) is 88.9 Å². The first kappa shape index (κ1) is 37.8. The molecule has 44 heavy (non-hydrogen) atoms. The van der Waals surface area contributed by atoms with Crippen molar-refractivity contribution in [1.29, 1.82) is 0 Å². The number of carbonyl (C=O) groups is 4. The van der Waals surface area contributed by atoms with E-state index in [-0.39, 0.29) is 31.6 Å². The van der Waals surface area contributed by atoms with Gasteiger partial charge in [-0.1, -0.05) is 81.5 Å². The number of aliphatic carboxylic acids is 1. The minimum Gasteiger partial charge on any atom is -0.481 e. The van der Waals surface area contributed by atoms with Crippen LogP contribution in [0.2, 0.25) is 0 Å². The van der Waals surface area contributed by atoms with E-state index >= 15 is 0 Å². The molecule has 0 radical (unpaired) electrons. The van der Waals surface area contributed by atoms with Crippen LogP contribution in [-0.2, 0) is 23.9 Å². The van der Waals surface area contributed by atoms with E-state index in [9.17, 15) is 19.2 Å². The quantitative estimate of drug-likeness (QED) is 0.0846. The van der Waals surface area contributed by atoms with Gasteiger partial charge in [-0.05, 0) is 57.1 Å². The van der Waals surface area contributed by atoms with Gasteiger partial charge in [0, 0.05) is 30.8 Å². The number of hydrogen-bond donors (Lipinski definition) is 2. The molecule has 0 spiro atoms. The molecule has 1 amide bonds. The van der Waals surface area contributed by atoms with Gasteiger partial charge < -0.3 is 19.9 Å². The Morgan fingerprint density at radius 2 is 1.50 bits per heavy atom. The molecule has 1 aromatic heterocycles. The SMILES string of the molecule is CC/C=C\C/C=C\C/C=C\C/C=C\C/C=C\CCCC(=O)OCC(C)(C)[C@@H](OC(=O)c1cccnc1)C(=O)NCCC(=O)O. The minimum atomic E-state index is -1.34. The summed E-state index contributed by atoms with van der Waals surface area (Å²) in [5, 5.41) is 11.3. The van der Waals surface area contributed by atoms with Crippen LogP contribution >= 0.6 is 0 Å². The monoisotopic (exact) mass is 608 g/mol. The van der Waals surface area contributed by atoms with Crippen molar-refractivity contribution >= 4 is 23.8 Å². The second kappa shape index (κ2) is 23.2. The second-order valence-electron chi connectivity index (χ2n) is 10.7. The molecule has 0 aliphatic carbocycles. The lowest BCUT2D eigenvalue weighted by Crippen LogP contribution is -2.49.